The van der Waals surface area contributed by atoms with E-state index in [9.17, 15) is 9.90 Å². The first-order valence-corrected chi connectivity index (χ1v) is 9.19. The Kier molecular flexibility index (Phi) is 3.90. The maximum absolute atomic E-state index is 12.7. The van der Waals surface area contributed by atoms with Crippen LogP contribution >= 0.6 is 22.9 Å². The largest absolute Gasteiger partial charge is 0.508 e. The number of likely N-dealkylation sites (N-methyl/N-ethyl adjacent to an activating group) is 1. The van der Waals surface area contributed by atoms with Crippen molar-refractivity contribution in [3.63, 3.8) is 0 Å². The Morgan fingerprint density at radius 1 is 1.42 bits per heavy atom. The summed E-state index contributed by atoms with van der Waals surface area (Å²) in [4.78, 5) is 16.3. The Labute approximate surface area is 149 Å². The number of aromatic hydroxyl groups is 1. The first kappa shape index (κ1) is 15.7. The Morgan fingerprint density at radius 2 is 2.25 bits per heavy atom. The number of phenolic OH excluding ortho intramolecular Hbond substituents is 1. The lowest BCUT2D eigenvalue weighted by Gasteiger charge is -2.28. The molecule has 0 aliphatic carbocycles. The van der Waals surface area contributed by atoms with Gasteiger partial charge in [-0.15, -0.1) is 11.3 Å². The molecule has 1 aromatic carbocycles. The van der Waals surface area contributed by atoms with Crippen molar-refractivity contribution in [2.45, 2.75) is 26.1 Å². The van der Waals surface area contributed by atoms with Crippen molar-refractivity contribution in [3.05, 3.63) is 44.8 Å². The molecule has 7 heteroatoms. The minimum Gasteiger partial charge on any atom is -0.508 e. The van der Waals surface area contributed by atoms with Crippen molar-refractivity contribution >= 4 is 33.8 Å². The molecule has 0 unspecified atom stereocenters. The lowest BCUT2D eigenvalue weighted by Crippen LogP contribution is -2.38. The smallest absolute Gasteiger partial charge is 0.256 e. The summed E-state index contributed by atoms with van der Waals surface area (Å²) in [7, 11) is 0. The molecule has 4 rings (SSSR count). The van der Waals surface area contributed by atoms with Crippen molar-refractivity contribution in [3.8, 4) is 5.75 Å². The fourth-order valence-corrected chi connectivity index (χ4v) is 4.85. The van der Waals surface area contributed by atoms with Crippen molar-refractivity contribution in [1.82, 2.24) is 10.2 Å². The zero-order chi connectivity index (χ0) is 16.8. The summed E-state index contributed by atoms with van der Waals surface area (Å²) in [5.74, 6) is 0.0229. The van der Waals surface area contributed by atoms with E-state index in [0.29, 0.717) is 10.6 Å². The summed E-state index contributed by atoms with van der Waals surface area (Å²) in [5, 5.41) is 17.8. The molecule has 1 amide bonds. The van der Waals surface area contributed by atoms with Gasteiger partial charge >= 0.3 is 0 Å². The zero-order valence-electron chi connectivity index (χ0n) is 13.2. The van der Waals surface area contributed by atoms with Crippen molar-refractivity contribution in [2.24, 2.45) is 0 Å². The first-order valence-electron chi connectivity index (χ1n) is 7.99. The van der Waals surface area contributed by atoms with Gasteiger partial charge in [0, 0.05) is 28.6 Å². The second kappa shape index (κ2) is 5.95. The van der Waals surface area contributed by atoms with Crippen molar-refractivity contribution < 1.29 is 9.90 Å². The maximum Gasteiger partial charge on any atom is 0.256 e. The molecule has 0 fully saturated rings. The molecule has 3 N–H and O–H groups in total. The number of carbonyl (C=O) groups excluding carboxylic acids is 1. The third kappa shape index (κ3) is 2.55. The van der Waals surface area contributed by atoms with Crippen LogP contribution in [0.1, 0.15) is 39.5 Å². The van der Waals surface area contributed by atoms with Gasteiger partial charge in [-0.05, 0) is 36.7 Å². The number of thiophene rings is 1. The Hall–Kier alpha value is -1.76. The van der Waals surface area contributed by atoms with Crippen LogP contribution in [0.4, 0.5) is 5.00 Å². The number of hydrogen-bond acceptors (Lipinski definition) is 5. The van der Waals surface area contributed by atoms with Gasteiger partial charge < -0.3 is 15.7 Å². The molecule has 0 saturated heterocycles. The number of benzene rings is 1. The summed E-state index contributed by atoms with van der Waals surface area (Å²) < 4.78 is 0. The van der Waals surface area contributed by atoms with Crippen LogP contribution in [0.5, 0.6) is 5.75 Å². The molecule has 0 spiro atoms. The van der Waals surface area contributed by atoms with Crippen molar-refractivity contribution in [1.29, 1.82) is 0 Å². The van der Waals surface area contributed by atoms with Gasteiger partial charge in [-0.25, -0.2) is 0 Å². The lowest BCUT2D eigenvalue weighted by molar-refractivity contribution is 0.0934. The molecule has 126 valence electrons. The third-order valence-corrected chi connectivity index (χ3v) is 6.04. The van der Waals surface area contributed by atoms with E-state index in [2.05, 4.69) is 22.5 Å². The van der Waals surface area contributed by atoms with E-state index in [-0.39, 0.29) is 11.7 Å². The molecule has 1 aromatic heterocycles. The first-order chi connectivity index (χ1) is 11.6. The fourth-order valence-electron chi connectivity index (χ4n) is 3.35. The van der Waals surface area contributed by atoms with Crippen LogP contribution < -0.4 is 10.6 Å². The number of nitrogens with zero attached hydrogens (tertiary/aromatic N) is 1. The molecule has 3 heterocycles. The Balaban J connectivity index is 1.70. The molecule has 2 aliphatic heterocycles. The van der Waals surface area contributed by atoms with Crippen LogP contribution in [0.3, 0.4) is 0 Å². The molecular formula is C17H18ClN3O2S. The van der Waals surface area contributed by atoms with Gasteiger partial charge in [0.2, 0.25) is 0 Å². The van der Waals surface area contributed by atoms with E-state index in [1.165, 1.54) is 10.4 Å². The molecule has 2 aliphatic rings. The molecule has 24 heavy (non-hydrogen) atoms. The number of halogens is 1. The van der Waals surface area contributed by atoms with Gasteiger partial charge in [-0.1, -0.05) is 18.5 Å². The van der Waals surface area contributed by atoms with Crippen LogP contribution in [-0.2, 0) is 13.0 Å². The summed E-state index contributed by atoms with van der Waals surface area (Å²) in [6, 6.07) is 4.84. The molecule has 0 radical (unpaired) electrons. The SMILES string of the molecule is CCN1CCc2c(sc3c2C(=O)N[C@H](c2cc(Cl)ccc2O)N3)C1. The van der Waals surface area contributed by atoms with Crippen LogP contribution in [0.15, 0.2) is 18.2 Å². The Morgan fingerprint density at radius 3 is 3.04 bits per heavy atom. The normalized spacial score (nSPS) is 20.1. The second-order valence-corrected chi connectivity index (χ2v) is 7.62. The highest BCUT2D eigenvalue weighted by Gasteiger charge is 2.33. The molecule has 1 atom stereocenters. The van der Waals surface area contributed by atoms with E-state index < -0.39 is 6.17 Å². The predicted octanol–water partition coefficient (Wildman–Crippen LogP) is 3.34. The van der Waals surface area contributed by atoms with Crippen molar-refractivity contribution in [2.75, 3.05) is 18.4 Å². The highest BCUT2D eigenvalue weighted by Crippen LogP contribution is 2.41. The number of amides is 1. The number of anilines is 1. The number of hydrogen-bond donors (Lipinski definition) is 3. The van der Waals surface area contributed by atoms with E-state index in [4.69, 9.17) is 11.6 Å². The number of fused-ring (bicyclic) bond motifs is 3. The summed E-state index contributed by atoms with van der Waals surface area (Å²) in [6.07, 6.45) is 0.420. The Bertz CT molecular complexity index is 820. The van der Waals surface area contributed by atoms with Crippen LogP contribution in [0, 0.1) is 0 Å². The monoisotopic (exact) mass is 363 g/mol. The minimum absolute atomic E-state index is 0.0874. The standard InChI is InChI=1S/C17H18ClN3O2S/c1-2-21-6-5-10-13(8-21)24-17-14(10)16(23)19-15(20-17)11-7-9(18)3-4-12(11)22/h3-4,7,15,20,22H,2,5-6,8H2,1H3,(H,19,23)/t15-/m0/s1. The van der Waals surface area contributed by atoms with E-state index in [1.54, 1.807) is 29.5 Å². The molecular weight excluding hydrogens is 346 g/mol. The number of phenols is 1. The number of nitrogens with one attached hydrogen (secondary N) is 2. The molecule has 0 saturated carbocycles. The van der Waals surface area contributed by atoms with E-state index >= 15 is 0 Å². The fraction of sp³-hybridized carbons (Fsp3) is 0.353. The van der Waals surface area contributed by atoms with Gasteiger partial charge in [0.25, 0.3) is 5.91 Å². The van der Waals surface area contributed by atoms with Gasteiger partial charge in [0.15, 0.2) is 0 Å². The topological polar surface area (TPSA) is 64.6 Å². The van der Waals surface area contributed by atoms with E-state index in [1.807, 2.05) is 0 Å². The number of rotatable bonds is 2. The average Bonchev–Trinajstić information content (AvgIpc) is 2.94. The predicted molar refractivity (Wildman–Crippen MR) is 95.9 cm³/mol. The molecule has 2 aromatic rings. The van der Waals surface area contributed by atoms with Crippen LogP contribution in [0.2, 0.25) is 5.02 Å². The summed E-state index contributed by atoms with van der Waals surface area (Å²) >= 11 is 7.67. The summed E-state index contributed by atoms with van der Waals surface area (Å²) in [6.45, 7) is 5.05. The quantitative estimate of drug-likeness (QED) is 0.765. The molecule has 0 bridgehead atoms. The third-order valence-electron chi connectivity index (χ3n) is 4.66. The lowest BCUT2D eigenvalue weighted by atomic mass is 10.00. The van der Waals surface area contributed by atoms with Gasteiger partial charge in [0.1, 0.15) is 16.9 Å². The van der Waals surface area contributed by atoms with E-state index in [0.717, 1.165) is 36.6 Å². The van der Waals surface area contributed by atoms with Gasteiger partial charge in [0.05, 0.1) is 5.56 Å². The van der Waals surface area contributed by atoms with Gasteiger partial charge in [-0.2, -0.15) is 0 Å². The summed E-state index contributed by atoms with van der Waals surface area (Å²) in [5.41, 5.74) is 2.50. The molecule has 5 nitrogen and oxygen atoms in total. The highest BCUT2D eigenvalue weighted by molar-refractivity contribution is 7.16. The average molecular weight is 364 g/mol. The highest BCUT2D eigenvalue weighted by atomic mass is 35.5. The van der Waals surface area contributed by atoms with Crippen LogP contribution in [-0.4, -0.2) is 29.0 Å². The van der Waals surface area contributed by atoms with Gasteiger partial charge in [-0.3, -0.25) is 9.69 Å². The van der Waals surface area contributed by atoms with Crippen LogP contribution in [0.25, 0.3) is 0 Å². The number of carbonyl (C=O) groups is 1. The maximum atomic E-state index is 12.7. The second-order valence-electron chi connectivity index (χ2n) is 6.08. The minimum atomic E-state index is -0.480. The zero-order valence-corrected chi connectivity index (χ0v) is 14.8.